The van der Waals surface area contributed by atoms with E-state index in [4.69, 9.17) is 17.3 Å². The Balaban J connectivity index is 2.81. The Bertz CT molecular complexity index is 409. The second-order valence-corrected chi connectivity index (χ2v) is 3.21. The van der Waals surface area contributed by atoms with Crippen LogP contribution >= 0.6 is 11.6 Å². The molecule has 0 aliphatic carbocycles. The number of nitrogens with one attached hydrogen (secondary N) is 1. The monoisotopic (exact) mass is 230 g/mol. The van der Waals surface area contributed by atoms with Gasteiger partial charge in [-0.3, -0.25) is 9.59 Å². The highest BCUT2D eigenvalue weighted by Crippen LogP contribution is 2.14. The Morgan fingerprint density at radius 3 is 2.73 bits per heavy atom. The molecule has 0 saturated carbocycles. The second-order valence-electron chi connectivity index (χ2n) is 2.77. The van der Waals surface area contributed by atoms with Crippen molar-refractivity contribution in [3.05, 3.63) is 34.6 Å². The standard InChI is InChI=1S/C9H8ClFN2O2/c10-5-1-2-7(11)6(3-5)9(15)13-4-8(12)14/h1-3H,4H2,(H2,12,14)(H,13,15). The molecule has 1 rings (SSSR count). The van der Waals surface area contributed by atoms with Crippen LogP contribution in [-0.2, 0) is 4.79 Å². The second kappa shape index (κ2) is 4.75. The summed E-state index contributed by atoms with van der Waals surface area (Å²) in [6, 6.07) is 3.57. The maximum absolute atomic E-state index is 13.1. The fraction of sp³-hybridized carbons (Fsp3) is 0.111. The third kappa shape index (κ3) is 3.21. The molecule has 0 unspecified atom stereocenters. The van der Waals surface area contributed by atoms with Gasteiger partial charge < -0.3 is 11.1 Å². The lowest BCUT2D eigenvalue weighted by Gasteiger charge is -2.04. The predicted molar refractivity (Wildman–Crippen MR) is 52.9 cm³/mol. The van der Waals surface area contributed by atoms with Crippen molar-refractivity contribution >= 4 is 23.4 Å². The van der Waals surface area contributed by atoms with Crippen molar-refractivity contribution in [3.63, 3.8) is 0 Å². The van der Waals surface area contributed by atoms with Crippen molar-refractivity contribution in [1.29, 1.82) is 0 Å². The minimum Gasteiger partial charge on any atom is -0.368 e. The van der Waals surface area contributed by atoms with Gasteiger partial charge in [0.1, 0.15) is 5.82 Å². The lowest BCUT2D eigenvalue weighted by molar-refractivity contribution is -0.117. The average molecular weight is 231 g/mol. The zero-order chi connectivity index (χ0) is 11.4. The Morgan fingerprint density at radius 1 is 1.47 bits per heavy atom. The first-order valence-corrected chi connectivity index (χ1v) is 4.40. The van der Waals surface area contributed by atoms with Crippen LogP contribution in [0, 0.1) is 5.82 Å². The SMILES string of the molecule is NC(=O)CNC(=O)c1cc(Cl)ccc1F. The Labute approximate surface area is 90.2 Å². The fourth-order valence-corrected chi connectivity index (χ4v) is 1.11. The molecule has 1 aromatic carbocycles. The molecule has 0 aliphatic heterocycles. The first-order valence-electron chi connectivity index (χ1n) is 4.02. The summed E-state index contributed by atoms with van der Waals surface area (Å²) in [6.45, 7) is -0.342. The summed E-state index contributed by atoms with van der Waals surface area (Å²) in [5.74, 6) is -2.14. The van der Waals surface area contributed by atoms with Gasteiger partial charge in [-0.25, -0.2) is 4.39 Å². The zero-order valence-electron chi connectivity index (χ0n) is 7.59. The quantitative estimate of drug-likeness (QED) is 0.802. The Kier molecular flexibility index (Phi) is 3.62. The highest BCUT2D eigenvalue weighted by atomic mass is 35.5. The molecule has 0 saturated heterocycles. The minimum atomic E-state index is -0.728. The van der Waals surface area contributed by atoms with Crippen LogP contribution in [0.4, 0.5) is 4.39 Å². The summed E-state index contributed by atoms with van der Waals surface area (Å²) in [5, 5.41) is 2.39. The third-order valence-corrected chi connectivity index (χ3v) is 1.83. The van der Waals surface area contributed by atoms with Crippen LogP contribution in [0.1, 0.15) is 10.4 Å². The first kappa shape index (κ1) is 11.5. The van der Waals surface area contributed by atoms with Gasteiger partial charge in [-0.1, -0.05) is 11.6 Å². The summed E-state index contributed by atoms with van der Waals surface area (Å²) in [4.78, 5) is 21.7. The first-order chi connectivity index (χ1) is 7.00. The summed E-state index contributed by atoms with van der Waals surface area (Å²) in [5.41, 5.74) is 4.59. The lowest BCUT2D eigenvalue weighted by Crippen LogP contribution is -2.33. The number of rotatable bonds is 3. The number of primary amides is 1. The number of hydrogen-bond acceptors (Lipinski definition) is 2. The molecule has 0 aromatic heterocycles. The number of halogens is 2. The Morgan fingerprint density at radius 2 is 2.13 bits per heavy atom. The molecule has 0 aliphatic rings. The van der Waals surface area contributed by atoms with Gasteiger partial charge in [-0.15, -0.1) is 0 Å². The fourth-order valence-electron chi connectivity index (χ4n) is 0.934. The van der Waals surface area contributed by atoms with Gasteiger partial charge in [-0.05, 0) is 18.2 Å². The summed E-state index contributed by atoms with van der Waals surface area (Å²) in [6.07, 6.45) is 0. The van der Waals surface area contributed by atoms with Gasteiger partial charge in [0.15, 0.2) is 0 Å². The van der Waals surface area contributed by atoms with Crippen molar-refractivity contribution in [2.75, 3.05) is 6.54 Å². The van der Waals surface area contributed by atoms with Gasteiger partial charge in [0.05, 0.1) is 12.1 Å². The van der Waals surface area contributed by atoms with E-state index < -0.39 is 17.6 Å². The van der Waals surface area contributed by atoms with Gasteiger partial charge >= 0.3 is 0 Å². The van der Waals surface area contributed by atoms with Crippen LogP contribution in [0.5, 0.6) is 0 Å². The number of benzene rings is 1. The molecule has 4 nitrogen and oxygen atoms in total. The smallest absolute Gasteiger partial charge is 0.254 e. The van der Waals surface area contributed by atoms with Crippen LogP contribution in [-0.4, -0.2) is 18.4 Å². The highest BCUT2D eigenvalue weighted by Gasteiger charge is 2.12. The molecule has 0 heterocycles. The topological polar surface area (TPSA) is 72.2 Å². The number of hydrogen-bond donors (Lipinski definition) is 2. The van der Waals surface area contributed by atoms with Crippen molar-refractivity contribution in [2.45, 2.75) is 0 Å². The van der Waals surface area contributed by atoms with E-state index in [1.54, 1.807) is 0 Å². The van der Waals surface area contributed by atoms with E-state index >= 15 is 0 Å². The van der Waals surface area contributed by atoms with E-state index in [2.05, 4.69) is 5.32 Å². The van der Waals surface area contributed by atoms with E-state index in [0.717, 1.165) is 6.07 Å². The predicted octanol–water partition coefficient (Wildman–Crippen LogP) is 0.694. The molecule has 2 amide bonds. The van der Waals surface area contributed by atoms with Crippen LogP contribution in [0.15, 0.2) is 18.2 Å². The van der Waals surface area contributed by atoms with Crippen LogP contribution in [0.3, 0.4) is 0 Å². The van der Waals surface area contributed by atoms with E-state index in [0.29, 0.717) is 0 Å². The van der Waals surface area contributed by atoms with E-state index in [1.807, 2.05) is 0 Å². The molecule has 0 bridgehead atoms. The molecule has 3 N–H and O–H groups in total. The van der Waals surface area contributed by atoms with Crippen LogP contribution in [0.2, 0.25) is 5.02 Å². The lowest BCUT2D eigenvalue weighted by atomic mass is 10.2. The average Bonchev–Trinajstić information content (AvgIpc) is 2.18. The molecule has 6 heteroatoms. The molecular formula is C9H8ClFN2O2. The van der Waals surface area contributed by atoms with Gasteiger partial charge in [0.2, 0.25) is 5.91 Å². The largest absolute Gasteiger partial charge is 0.368 e. The molecule has 0 fully saturated rings. The van der Waals surface area contributed by atoms with Crippen LogP contribution in [0.25, 0.3) is 0 Å². The van der Waals surface area contributed by atoms with Crippen molar-refractivity contribution in [1.82, 2.24) is 5.32 Å². The zero-order valence-corrected chi connectivity index (χ0v) is 8.34. The molecular weight excluding hydrogens is 223 g/mol. The molecule has 0 atom stereocenters. The van der Waals surface area contributed by atoms with Crippen molar-refractivity contribution in [2.24, 2.45) is 5.73 Å². The minimum absolute atomic E-state index is 0.219. The van der Waals surface area contributed by atoms with Gasteiger partial charge in [0, 0.05) is 5.02 Å². The molecule has 1 aromatic rings. The van der Waals surface area contributed by atoms with Crippen LogP contribution < -0.4 is 11.1 Å². The number of amides is 2. The van der Waals surface area contributed by atoms with E-state index in [1.165, 1.54) is 12.1 Å². The number of carbonyl (C=O) groups is 2. The molecule has 15 heavy (non-hydrogen) atoms. The summed E-state index contributed by atoms with van der Waals surface area (Å²) < 4.78 is 13.1. The highest BCUT2D eigenvalue weighted by molar-refractivity contribution is 6.31. The van der Waals surface area contributed by atoms with Gasteiger partial charge in [0.25, 0.3) is 5.91 Å². The van der Waals surface area contributed by atoms with Gasteiger partial charge in [-0.2, -0.15) is 0 Å². The normalized spacial score (nSPS) is 9.73. The Hall–Kier alpha value is -1.62. The van der Waals surface area contributed by atoms with E-state index in [9.17, 15) is 14.0 Å². The molecule has 80 valence electrons. The van der Waals surface area contributed by atoms with Crippen molar-refractivity contribution < 1.29 is 14.0 Å². The van der Waals surface area contributed by atoms with Crippen molar-refractivity contribution in [3.8, 4) is 0 Å². The maximum Gasteiger partial charge on any atom is 0.254 e. The molecule has 0 spiro atoms. The molecule has 0 radical (unpaired) electrons. The summed E-state index contributed by atoms with van der Waals surface area (Å²) in [7, 11) is 0. The third-order valence-electron chi connectivity index (χ3n) is 1.60. The maximum atomic E-state index is 13.1. The number of carbonyl (C=O) groups excluding carboxylic acids is 2. The summed E-state index contributed by atoms with van der Waals surface area (Å²) >= 11 is 5.59. The van der Waals surface area contributed by atoms with E-state index in [-0.39, 0.29) is 17.1 Å². The number of nitrogens with two attached hydrogens (primary N) is 1.